The molecule has 1 atom stereocenters. The summed E-state index contributed by atoms with van der Waals surface area (Å²) in [4.78, 5) is 21.4. The first kappa shape index (κ1) is 19.9. The van der Waals surface area contributed by atoms with Crippen molar-refractivity contribution in [1.82, 2.24) is 19.9 Å². The van der Waals surface area contributed by atoms with Gasteiger partial charge in [-0.2, -0.15) is 4.98 Å². The highest BCUT2D eigenvalue weighted by molar-refractivity contribution is 6.43. The van der Waals surface area contributed by atoms with Crippen LogP contribution in [0.15, 0.2) is 53.1 Å². The molecule has 1 saturated heterocycles. The summed E-state index contributed by atoms with van der Waals surface area (Å²) < 4.78 is 5.49. The number of carbonyl (C=O) groups excluding carboxylic acids is 1. The van der Waals surface area contributed by atoms with Gasteiger partial charge in [-0.15, -0.1) is 0 Å². The van der Waals surface area contributed by atoms with Gasteiger partial charge in [0.15, 0.2) is 0 Å². The highest BCUT2D eigenvalue weighted by atomic mass is 35.5. The van der Waals surface area contributed by atoms with Crippen molar-refractivity contribution in [3.8, 4) is 11.4 Å². The lowest BCUT2D eigenvalue weighted by Crippen LogP contribution is -2.49. The van der Waals surface area contributed by atoms with Crippen molar-refractivity contribution in [1.29, 1.82) is 0 Å². The molecule has 29 heavy (non-hydrogen) atoms. The SMILES string of the molecule is CC(c1nc(-c2ccccc2)no1)N1CCN(C(=O)c2cccc(Cl)c2Cl)CC1. The van der Waals surface area contributed by atoms with Gasteiger partial charge >= 0.3 is 0 Å². The van der Waals surface area contributed by atoms with Crippen LogP contribution in [0.25, 0.3) is 11.4 Å². The quantitative estimate of drug-likeness (QED) is 0.606. The summed E-state index contributed by atoms with van der Waals surface area (Å²) in [6.07, 6.45) is 0. The molecule has 1 aliphatic rings. The molecule has 0 bridgehead atoms. The largest absolute Gasteiger partial charge is 0.337 e. The molecule has 0 N–H and O–H groups in total. The Hall–Kier alpha value is -2.41. The van der Waals surface area contributed by atoms with Crippen molar-refractivity contribution in [2.45, 2.75) is 13.0 Å². The van der Waals surface area contributed by atoms with Gasteiger partial charge in [-0.25, -0.2) is 0 Å². The summed E-state index contributed by atoms with van der Waals surface area (Å²) in [5, 5.41) is 4.78. The molecule has 6 nitrogen and oxygen atoms in total. The molecule has 2 heterocycles. The molecule has 0 aliphatic carbocycles. The van der Waals surface area contributed by atoms with E-state index >= 15 is 0 Å². The summed E-state index contributed by atoms with van der Waals surface area (Å²) in [7, 11) is 0. The van der Waals surface area contributed by atoms with Gasteiger partial charge in [0.2, 0.25) is 11.7 Å². The smallest absolute Gasteiger partial charge is 0.255 e. The fourth-order valence-electron chi connectivity index (χ4n) is 3.42. The van der Waals surface area contributed by atoms with Crippen LogP contribution in [0.4, 0.5) is 0 Å². The van der Waals surface area contributed by atoms with Gasteiger partial charge in [0.05, 0.1) is 21.7 Å². The lowest BCUT2D eigenvalue weighted by molar-refractivity contribution is 0.0552. The van der Waals surface area contributed by atoms with Crippen molar-refractivity contribution < 1.29 is 9.32 Å². The highest BCUT2D eigenvalue weighted by Crippen LogP contribution is 2.28. The van der Waals surface area contributed by atoms with Crippen LogP contribution in [0.5, 0.6) is 0 Å². The highest BCUT2D eigenvalue weighted by Gasteiger charge is 2.29. The summed E-state index contributed by atoms with van der Waals surface area (Å²) in [5.74, 6) is 1.05. The average molecular weight is 431 g/mol. The fourth-order valence-corrected chi connectivity index (χ4v) is 3.80. The van der Waals surface area contributed by atoms with Gasteiger partial charge in [-0.1, -0.05) is 64.8 Å². The predicted octanol–water partition coefficient (Wildman–Crippen LogP) is 4.56. The van der Waals surface area contributed by atoms with E-state index in [1.807, 2.05) is 37.3 Å². The number of carbonyl (C=O) groups is 1. The summed E-state index contributed by atoms with van der Waals surface area (Å²) in [6.45, 7) is 4.62. The van der Waals surface area contributed by atoms with Crippen LogP contribution < -0.4 is 0 Å². The monoisotopic (exact) mass is 430 g/mol. The molecular formula is C21H20Cl2N4O2. The van der Waals surface area contributed by atoms with Crippen molar-refractivity contribution in [2.24, 2.45) is 0 Å². The third-order valence-electron chi connectivity index (χ3n) is 5.16. The minimum atomic E-state index is -0.103. The average Bonchev–Trinajstić information content (AvgIpc) is 3.26. The van der Waals surface area contributed by atoms with Crippen LogP contribution >= 0.6 is 23.2 Å². The van der Waals surface area contributed by atoms with Gasteiger partial charge in [0.1, 0.15) is 0 Å². The number of benzene rings is 2. The first-order chi connectivity index (χ1) is 14.0. The van der Waals surface area contributed by atoms with E-state index in [1.165, 1.54) is 0 Å². The van der Waals surface area contributed by atoms with Gasteiger partial charge in [-0.05, 0) is 19.1 Å². The van der Waals surface area contributed by atoms with Crippen LogP contribution in [0.2, 0.25) is 10.0 Å². The van der Waals surface area contributed by atoms with E-state index in [-0.39, 0.29) is 11.9 Å². The maximum Gasteiger partial charge on any atom is 0.255 e. The number of aromatic nitrogens is 2. The Morgan fingerprint density at radius 1 is 1.03 bits per heavy atom. The number of hydrogen-bond acceptors (Lipinski definition) is 5. The van der Waals surface area contributed by atoms with Crippen LogP contribution in [-0.2, 0) is 0 Å². The summed E-state index contributed by atoms with van der Waals surface area (Å²) in [6, 6.07) is 14.8. The van der Waals surface area contributed by atoms with Crippen LogP contribution in [0, 0.1) is 0 Å². The van der Waals surface area contributed by atoms with Crippen molar-refractivity contribution in [3.63, 3.8) is 0 Å². The molecule has 1 aromatic heterocycles. The normalized spacial score (nSPS) is 16.0. The Bertz CT molecular complexity index is 1000. The van der Waals surface area contributed by atoms with Crippen LogP contribution in [0.1, 0.15) is 29.2 Å². The molecule has 1 unspecified atom stereocenters. The van der Waals surface area contributed by atoms with Gasteiger partial charge in [-0.3, -0.25) is 9.69 Å². The first-order valence-corrected chi connectivity index (χ1v) is 10.2. The standard InChI is InChI=1S/C21H20Cl2N4O2/c1-14(20-24-19(25-29-20)15-6-3-2-4-7-15)26-10-12-27(13-11-26)21(28)16-8-5-9-17(22)18(16)23/h2-9,14H,10-13H2,1H3. The van der Waals surface area contributed by atoms with E-state index in [9.17, 15) is 4.79 Å². The lowest BCUT2D eigenvalue weighted by Gasteiger charge is -2.37. The number of hydrogen-bond donors (Lipinski definition) is 0. The number of rotatable bonds is 4. The fraction of sp³-hybridized carbons (Fsp3) is 0.286. The maximum absolute atomic E-state index is 12.8. The van der Waals surface area contributed by atoms with E-state index < -0.39 is 0 Å². The molecular weight excluding hydrogens is 411 g/mol. The maximum atomic E-state index is 12.8. The zero-order chi connectivity index (χ0) is 20.4. The Labute approximate surface area is 179 Å². The molecule has 0 saturated carbocycles. The van der Waals surface area contributed by atoms with Crippen molar-refractivity contribution in [2.75, 3.05) is 26.2 Å². The van der Waals surface area contributed by atoms with Gasteiger partial charge in [0.25, 0.3) is 5.91 Å². The van der Waals surface area contributed by atoms with Gasteiger partial charge < -0.3 is 9.42 Å². The van der Waals surface area contributed by atoms with Gasteiger partial charge in [0, 0.05) is 31.7 Å². The number of nitrogens with zero attached hydrogens (tertiary/aromatic N) is 4. The van der Waals surface area contributed by atoms with Crippen molar-refractivity contribution >= 4 is 29.1 Å². The van der Waals surface area contributed by atoms with E-state index in [2.05, 4.69) is 15.0 Å². The second-order valence-corrected chi connectivity index (χ2v) is 7.71. The third kappa shape index (κ3) is 4.15. The lowest BCUT2D eigenvalue weighted by atomic mass is 10.1. The minimum Gasteiger partial charge on any atom is -0.337 e. The Morgan fingerprint density at radius 3 is 2.48 bits per heavy atom. The molecule has 150 valence electrons. The van der Waals surface area contributed by atoms with E-state index in [0.29, 0.717) is 53.5 Å². The predicted molar refractivity (Wildman–Crippen MR) is 112 cm³/mol. The zero-order valence-electron chi connectivity index (χ0n) is 15.9. The number of piperazine rings is 1. The van der Waals surface area contributed by atoms with Crippen LogP contribution in [-0.4, -0.2) is 52.0 Å². The molecule has 4 rings (SSSR count). The molecule has 2 aromatic carbocycles. The third-order valence-corrected chi connectivity index (χ3v) is 5.98. The zero-order valence-corrected chi connectivity index (χ0v) is 17.4. The Balaban J connectivity index is 1.40. The van der Waals surface area contributed by atoms with Crippen molar-refractivity contribution in [3.05, 3.63) is 70.0 Å². The molecule has 0 spiro atoms. The van der Waals surface area contributed by atoms with E-state index in [1.54, 1.807) is 23.1 Å². The molecule has 1 aliphatic heterocycles. The first-order valence-electron chi connectivity index (χ1n) is 9.41. The summed E-state index contributed by atoms with van der Waals surface area (Å²) in [5.41, 5.74) is 1.36. The second kappa shape index (κ2) is 8.53. The molecule has 1 fully saturated rings. The second-order valence-electron chi connectivity index (χ2n) is 6.93. The number of amides is 1. The van der Waals surface area contributed by atoms with E-state index in [0.717, 1.165) is 5.56 Å². The molecule has 8 heteroatoms. The summed E-state index contributed by atoms with van der Waals surface area (Å²) >= 11 is 12.2. The Morgan fingerprint density at radius 2 is 1.76 bits per heavy atom. The molecule has 1 amide bonds. The molecule has 0 radical (unpaired) electrons. The Kier molecular flexibility index (Phi) is 5.85. The van der Waals surface area contributed by atoms with Crippen LogP contribution in [0.3, 0.4) is 0 Å². The van der Waals surface area contributed by atoms with E-state index in [4.69, 9.17) is 27.7 Å². The topological polar surface area (TPSA) is 62.5 Å². The minimum absolute atomic E-state index is 0.0352. The molecule has 3 aromatic rings. The number of halogens is 2.